The maximum atomic E-state index is 5.07. The second-order valence-corrected chi connectivity index (χ2v) is 7.25. The molecule has 1 aromatic carbocycles. The van der Waals surface area contributed by atoms with Gasteiger partial charge in [0.25, 0.3) is 0 Å². The van der Waals surface area contributed by atoms with Crippen LogP contribution in [-0.2, 0) is 16.7 Å². The minimum Gasteiger partial charge on any atom is -0.304 e. The maximum absolute atomic E-state index is 5.07. The SMILES string of the molecule is Cc1sc(CCON)nc1-c1ccc(C(C)(C)C)cc1. The van der Waals surface area contributed by atoms with E-state index in [0.29, 0.717) is 6.61 Å². The number of aryl methyl sites for hydroxylation is 1. The topological polar surface area (TPSA) is 48.1 Å². The lowest BCUT2D eigenvalue weighted by molar-refractivity contribution is 0.141. The van der Waals surface area contributed by atoms with E-state index in [9.17, 15) is 0 Å². The summed E-state index contributed by atoms with van der Waals surface area (Å²) in [7, 11) is 0. The Kier molecular flexibility index (Phi) is 4.58. The van der Waals surface area contributed by atoms with Crippen molar-refractivity contribution in [2.75, 3.05) is 6.61 Å². The Morgan fingerprint density at radius 2 is 1.85 bits per heavy atom. The van der Waals surface area contributed by atoms with Gasteiger partial charge in [0.2, 0.25) is 0 Å². The van der Waals surface area contributed by atoms with E-state index in [-0.39, 0.29) is 5.41 Å². The molecule has 0 unspecified atom stereocenters. The number of nitrogens with zero attached hydrogens (tertiary/aromatic N) is 1. The summed E-state index contributed by atoms with van der Waals surface area (Å²) in [6.45, 7) is 9.29. The Labute approximate surface area is 124 Å². The molecule has 0 aliphatic rings. The molecule has 3 nitrogen and oxygen atoms in total. The summed E-state index contributed by atoms with van der Waals surface area (Å²) in [4.78, 5) is 10.5. The van der Waals surface area contributed by atoms with E-state index < -0.39 is 0 Å². The van der Waals surface area contributed by atoms with Crippen LogP contribution in [-0.4, -0.2) is 11.6 Å². The molecule has 0 bridgehead atoms. The van der Waals surface area contributed by atoms with Crippen LogP contribution in [0, 0.1) is 6.92 Å². The summed E-state index contributed by atoms with van der Waals surface area (Å²) in [6, 6.07) is 8.70. The zero-order chi connectivity index (χ0) is 14.8. The van der Waals surface area contributed by atoms with E-state index in [1.165, 1.54) is 16.0 Å². The van der Waals surface area contributed by atoms with E-state index in [1.54, 1.807) is 11.3 Å². The van der Waals surface area contributed by atoms with Gasteiger partial charge in [-0.25, -0.2) is 10.9 Å². The van der Waals surface area contributed by atoms with E-state index in [4.69, 9.17) is 10.9 Å². The van der Waals surface area contributed by atoms with Gasteiger partial charge in [0.1, 0.15) is 0 Å². The van der Waals surface area contributed by atoms with Gasteiger partial charge in [0.15, 0.2) is 0 Å². The Hall–Kier alpha value is -1.23. The zero-order valence-electron chi connectivity index (χ0n) is 12.6. The highest BCUT2D eigenvalue weighted by Crippen LogP contribution is 2.30. The molecule has 0 spiro atoms. The third-order valence-corrected chi connectivity index (χ3v) is 4.33. The first-order valence-electron chi connectivity index (χ1n) is 6.80. The lowest BCUT2D eigenvalue weighted by Crippen LogP contribution is -2.10. The van der Waals surface area contributed by atoms with Crippen LogP contribution in [0.2, 0.25) is 0 Å². The molecule has 20 heavy (non-hydrogen) atoms. The summed E-state index contributed by atoms with van der Waals surface area (Å²) in [5.41, 5.74) is 3.76. The van der Waals surface area contributed by atoms with Crippen LogP contribution in [0.5, 0.6) is 0 Å². The Bertz CT molecular complexity index is 567. The smallest absolute Gasteiger partial charge is 0.0959 e. The summed E-state index contributed by atoms with van der Waals surface area (Å²) in [6.07, 6.45) is 0.766. The molecular weight excluding hydrogens is 268 g/mol. The molecule has 1 heterocycles. The van der Waals surface area contributed by atoms with Gasteiger partial charge in [0, 0.05) is 16.9 Å². The third-order valence-electron chi connectivity index (χ3n) is 3.30. The van der Waals surface area contributed by atoms with Crippen molar-refractivity contribution in [3.63, 3.8) is 0 Å². The van der Waals surface area contributed by atoms with Crippen LogP contribution in [0.3, 0.4) is 0 Å². The van der Waals surface area contributed by atoms with E-state index in [1.807, 2.05) is 0 Å². The third kappa shape index (κ3) is 3.45. The number of nitrogens with two attached hydrogens (primary N) is 1. The Morgan fingerprint density at radius 3 is 2.40 bits per heavy atom. The molecule has 2 N–H and O–H groups in total. The van der Waals surface area contributed by atoms with Gasteiger partial charge in [0.05, 0.1) is 17.3 Å². The molecule has 2 rings (SSSR count). The molecule has 0 radical (unpaired) electrons. The van der Waals surface area contributed by atoms with Crippen molar-refractivity contribution in [1.82, 2.24) is 4.98 Å². The normalized spacial score (nSPS) is 11.8. The fourth-order valence-corrected chi connectivity index (χ4v) is 3.04. The van der Waals surface area contributed by atoms with Gasteiger partial charge in [-0.15, -0.1) is 11.3 Å². The summed E-state index contributed by atoms with van der Waals surface area (Å²) < 4.78 is 0. The number of benzene rings is 1. The number of thiazole rings is 1. The van der Waals surface area contributed by atoms with Gasteiger partial charge >= 0.3 is 0 Å². The van der Waals surface area contributed by atoms with Crippen LogP contribution in [0.15, 0.2) is 24.3 Å². The molecule has 2 aromatic rings. The van der Waals surface area contributed by atoms with Gasteiger partial charge in [-0.1, -0.05) is 45.0 Å². The fraction of sp³-hybridized carbons (Fsp3) is 0.438. The number of hydrogen-bond donors (Lipinski definition) is 1. The molecule has 4 heteroatoms. The van der Waals surface area contributed by atoms with Crippen LogP contribution in [0.25, 0.3) is 11.3 Å². The predicted molar refractivity (Wildman–Crippen MR) is 84.8 cm³/mol. The predicted octanol–water partition coefficient (Wildman–Crippen LogP) is 3.85. The maximum Gasteiger partial charge on any atom is 0.0959 e. The second kappa shape index (κ2) is 6.04. The summed E-state index contributed by atoms with van der Waals surface area (Å²) in [5.74, 6) is 5.07. The Morgan fingerprint density at radius 1 is 1.20 bits per heavy atom. The first-order chi connectivity index (χ1) is 9.41. The van der Waals surface area contributed by atoms with Gasteiger partial charge in [-0.2, -0.15) is 0 Å². The Balaban J connectivity index is 2.25. The highest BCUT2D eigenvalue weighted by Gasteiger charge is 2.14. The van der Waals surface area contributed by atoms with E-state index >= 15 is 0 Å². The molecule has 0 saturated heterocycles. The fourth-order valence-electron chi connectivity index (χ4n) is 2.10. The lowest BCUT2D eigenvalue weighted by atomic mass is 9.86. The first-order valence-corrected chi connectivity index (χ1v) is 7.62. The standard InChI is InChI=1S/C16H22N2OS/c1-11-15(18-14(20-11)9-10-19-17)12-5-7-13(8-6-12)16(2,3)4/h5-8H,9-10,17H2,1-4H3. The lowest BCUT2D eigenvalue weighted by Gasteiger charge is -2.19. The second-order valence-electron chi connectivity index (χ2n) is 5.96. The zero-order valence-corrected chi connectivity index (χ0v) is 13.4. The highest BCUT2D eigenvalue weighted by atomic mass is 32.1. The molecule has 0 aliphatic heterocycles. The van der Waals surface area contributed by atoms with Crippen molar-refractivity contribution >= 4 is 11.3 Å². The van der Waals surface area contributed by atoms with Gasteiger partial charge < -0.3 is 4.84 Å². The van der Waals surface area contributed by atoms with Crippen molar-refractivity contribution in [2.45, 2.75) is 39.5 Å². The first kappa shape index (κ1) is 15.2. The summed E-state index contributed by atoms with van der Waals surface area (Å²) in [5, 5.41) is 1.07. The van der Waals surface area contributed by atoms with Gasteiger partial charge in [-0.3, -0.25) is 0 Å². The van der Waals surface area contributed by atoms with Gasteiger partial charge in [-0.05, 0) is 17.9 Å². The average molecular weight is 290 g/mol. The molecule has 1 aromatic heterocycles. The molecule has 0 amide bonds. The molecular formula is C16H22N2OS. The summed E-state index contributed by atoms with van der Waals surface area (Å²) >= 11 is 1.71. The van der Waals surface area contributed by atoms with Crippen molar-refractivity contribution in [2.24, 2.45) is 5.90 Å². The average Bonchev–Trinajstić information content (AvgIpc) is 2.77. The van der Waals surface area contributed by atoms with Crippen molar-refractivity contribution in [1.29, 1.82) is 0 Å². The van der Waals surface area contributed by atoms with Crippen LogP contribution >= 0.6 is 11.3 Å². The molecule has 0 aliphatic carbocycles. The minimum atomic E-state index is 0.180. The van der Waals surface area contributed by atoms with E-state index in [2.05, 4.69) is 56.8 Å². The van der Waals surface area contributed by atoms with Crippen molar-refractivity contribution in [3.8, 4) is 11.3 Å². The van der Waals surface area contributed by atoms with E-state index in [0.717, 1.165) is 17.1 Å². The molecule has 0 atom stereocenters. The number of aromatic nitrogens is 1. The van der Waals surface area contributed by atoms with Crippen LogP contribution < -0.4 is 5.90 Å². The number of hydrogen-bond acceptors (Lipinski definition) is 4. The highest BCUT2D eigenvalue weighted by molar-refractivity contribution is 7.12. The molecule has 0 fully saturated rings. The number of rotatable bonds is 4. The molecule has 0 saturated carbocycles. The minimum absolute atomic E-state index is 0.180. The quantitative estimate of drug-likeness (QED) is 0.870. The van der Waals surface area contributed by atoms with Crippen molar-refractivity contribution < 1.29 is 4.84 Å². The van der Waals surface area contributed by atoms with Crippen LogP contribution in [0.1, 0.15) is 36.2 Å². The van der Waals surface area contributed by atoms with Crippen molar-refractivity contribution in [3.05, 3.63) is 39.7 Å². The molecule has 108 valence electrons. The largest absolute Gasteiger partial charge is 0.304 e. The monoisotopic (exact) mass is 290 g/mol. The van der Waals surface area contributed by atoms with Crippen LogP contribution in [0.4, 0.5) is 0 Å².